The molecule has 1 N–H and O–H groups in total. The van der Waals surface area contributed by atoms with E-state index >= 15 is 0 Å². The number of amides is 1. The first-order chi connectivity index (χ1) is 10.7. The van der Waals surface area contributed by atoms with E-state index < -0.39 is 0 Å². The number of hydrogen-bond donors (Lipinski definition) is 1. The number of aryl methyl sites for hydroxylation is 2. The number of pyridine rings is 1. The molecule has 0 saturated carbocycles. The second-order valence-electron chi connectivity index (χ2n) is 4.93. The van der Waals surface area contributed by atoms with Gasteiger partial charge in [-0.05, 0) is 28.6 Å². The third-order valence-electron chi connectivity index (χ3n) is 3.44. The van der Waals surface area contributed by atoms with Crippen molar-refractivity contribution >= 4 is 22.6 Å². The minimum atomic E-state index is -0.250. The second kappa shape index (κ2) is 7.42. The molecule has 3 aromatic rings. The molecule has 118 valence electrons. The smallest absolute Gasteiger partial charge is 0.249 e. The first-order valence-electron chi connectivity index (χ1n) is 7.03. The van der Waals surface area contributed by atoms with Crippen LogP contribution in [0.4, 0.5) is 5.95 Å². The minimum Gasteiger partial charge on any atom is -0.313 e. The Hall–Kier alpha value is -2.14. The zero-order valence-electron chi connectivity index (χ0n) is 12.8. The van der Waals surface area contributed by atoms with Gasteiger partial charge in [0.1, 0.15) is 0 Å². The summed E-state index contributed by atoms with van der Waals surface area (Å²) < 4.78 is 1.57. The Kier molecular flexibility index (Phi) is 5.55. The molecule has 0 saturated heterocycles. The van der Waals surface area contributed by atoms with Crippen molar-refractivity contribution in [2.24, 2.45) is 0 Å². The molecule has 1 aromatic carbocycles. The second-order valence-corrected chi connectivity index (χ2v) is 4.93. The van der Waals surface area contributed by atoms with Crippen LogP contribution < -0.4 is 5.32 Å². The van der Waals surface area contributed by atoms with Gasteiger partial charge in [0, 0.05) is 33.8 Å². The van der Waals surface area contributed by atoms with E-state index in [1.54, 1.807) is 23.1 Å². The number of fused-ring (bicyclic) bond motifs is 1. The molecule has 0 atom stereocenters. The van der Waals surface area contributed by atoms with Crippen molar-refractivity contribution in [2.45, 2.75) is 26.8 Å². The van der Waals surface area contributed by atoms with Crippen molar-refractivity contribution in [1.29, 1.82) is 0 Å². The van der Waals surface area contributed by atoms with E-state index in [1.165, 1.54) is 0 Å². The topological polar surface area (TPSA) is 85.6 Å². The fraction of sp³-hybridized carbons (Fsp3) is 0.267. The molecular formula is C15H15N6OW-. The molecule has 0 radical (unpaired) electrons. The van der Waals surface area contributed by atoms with Crippen molar-refractivity contribution < 1.29 is 25.9 Å². The van der Waals surface area contributed by atoms with Gasteiger partial charge >= 0.3 is 0 Å². The van der Waals surface area contributed by atoms with Gasteiger partial charge in [0.15, 0.2) is 0 Å². The number of benzene rings is 1. The number of anilines is 1. The van der Waals surface area contributed by atoms with E-state index in [0.29, 0.717) is 18.1 Å². The van der Waals surface area contributed by atoms with E-state index in [1.807, 2.05) is 19.9 Å². The fourth-order valence-corrected chi connectivity index (χ4v) is 2.30. The Bertz CT molecular complexity index is 832. The van der Waals surface area contributed by atoms with Gasteiger partial charge in [-0.15, -0.1) is 28.5 Å². The summed E-state index contributed by atoms with van der Waals surface area (Å²) in [6, 6.07) is 6.62. The van der Waals surface area contributed by atoms with E-state index in [0.717, 1.165) is 22.8 Å². The minimum absolute atomic E-state index is 0. The van der Waals surface area contributed by atoms with Gasteiger partial charge in [-0.25, -0.2) is 4.68 Å². The summed E-state index contributed by atoms with van der Waals surface area (Å²) in [6.07, 6.45) is 4.31. The number of carbonyl (C=O) groups is 1. The van der Waals surface area contributed by atoms with Gasteiger partial charge in [-0.1, -0.05) is 25.0 Å². The zero-order valence-corrected chi connectivity index (χ0v) is 15.7. The first-order valence-corrected chi connectivity index (χ1v) is 7.03. The van der Waals surface area contributed by atoms with Crippen LogP contribution in [0.3, 0.4) is 0 Å². The number of carbonyl (C=O) groups excluding carboxylic acids is 1. The Balaban J connectivity index is 0.00000192. The summed E-state index contributed by atoms with van der Waals surface area (Å²) >= 11 is 0. The number of nitrogens with zero attached hydrogens (tertiary/aromatic N) is 5. The predicted molar refractivity (Wildman–Crippen MR) is 81.4 cm³/mol. The van der Waals surface area contributed by atoms with Gasteiger partial charge < -0.3 is 4.98 Å². The average Bonchev–Trinajstić information content (AvgIpc) is 2.95. The molecule has 0 aliphatic carbocycles. The first kappa shape index (κ1) is 17.2. The van der Waals surface area contributed by atoms with Crippen LogP contribution in [-0.2, 0) is 27.6 Å². The predicted octanol–water partition coefficient (Wildman–Crippen LogP) is 1.99. The molecule has 0 aliphatic heterocycles. The third kappa shape index (κ3) is 3.45. The summed E-state index contributed by atoms with van der Waals surface area (Å²) in [4.78, 5) is 16.5. The largest absolute Gasteiger partial charge is 0.313 e. The van der Waals surface area contributed by atoms with Gasteiger partial charge in [0.2, 0.25) is 11.9 Å². The van der Waals surface area contributed by atoms with Crippen molar-refractivity contribution in [2.75, 3.05) is 5.32 Å². The molecule has 7 nitrogen and oxygen atoms in total. The quantitative estimate of drug-likeness (QED) is 0.579. The molecule has 0 spiro atoms. The Labute approximate surface area is 147 Å². The summed E-state index contributed by atoms with van der Waals surface area (Å²) in [7, 11) is 0. The van der Waals surface area contributed by atoms with E-state index in [9.17, 15) is 4.79 Å². The van der Waals surface area contributed by atoms with Gasteiger partial charge in [-0.3, -0.25) is 10.1 Å². The van der Waals surface area contributed by atoms with Crippen LogP contribution >= 0.6 is 0 Å². The van der Waals surface area contributed by atoms with E-state index in [-0.39, 0.29) is 27.0 Å². The Morgan fingerprint density at radius 2 is 2.26 bits per heavy atom. The van der Waals surface area contributed by atoms with Crippen LogP contribution in [0, 0.1) is 13.0 Å². The molecule has 0 bridgehead atoms. The summed E-state index contributed by atoms with van der Waals surface area (Å²) in [6.45, 7) is 4.57. The maximum absolute atomic E-state index is 12.5. The summed E-state index contributed by atoms with van der Waals surface area (Å²) in [5.74, 6) is 0.0979. The average molecular weight is 479 g/mol. The standard InChI is InChI=1S/C15H15N6O.W/c1-3-8-21-15(18-19-20-21)17-14(22)13-5-4-11-9-16-7-6-12(11)10(13)2;/h5-7,9H,3,8H2,1-2H3,(H,17,18,20,22);/q-1;. The van der Waals surface area contributed by atoms with Gasteiger partial charge in [-0.2, -0.15) is 0 Å². The van der Waals surface area contributed by atoms with Crippen LogP contribution in [0.1, 0.15) is 29.3 Å². The third-order valence-corrected chi connectivity index (χ3v) is 3.44. The van der Waals surface area contributed by atoms with Gasteiger partial charge in [0.05, 0.1) is 0 Å². The van der Waals surface area contributed by atoms with E-state index in [2.05, 4.69) is 31.9 Å². The molecule has 0 fully saturated rings. The number of hydrogen-bond acceptors (Lipinski definition) is 5. The monoisotopic (exact) mass is 479 g/mol. The molecule has 1 amide bonds. The summed E-state index contributed by atoms with van der Waals surface area (Å²) in [5, 5.41) is 15.9. The van der Waals surface area contributed by atoms with Crippen molar-refractivity contribution in [1.82, 2.24) is 25.2 Å². The normalized spacial score (nSPS) is 10.3. The van der Waals surface area contributed by atoms with Crippen LogP contribution in [0.15, 0.2) is 24.5 Å². The number of tetrazole rings is 1. The molecule has 23 heavy (non-hydrogen) atoms. The van der Waals surface area contributed by atoms with Crippen molar-refractivity contribution in [3.63, 3.8) is 0 Å². The molecule has 0 unspecified atom stereocenters. The molecular weight excluding hydrogens is 464 g/mol. The van der Waals surface area contributed by atoms with Crippen LogP contribution in [0.2, 0.25) is 0 Å². The molecule has 2 aromatic heterocycles. The Morgan fingerprint density at radius 3 is 3.04 bits per heavy atom. The maximum Gasteiger partial charge on any atom is 0.249 e. The van der Waals surface area contributed by atoms with Crippen LogP contribution in [0.25, 0.3) is 10.8 Å². The van der Waals surface area contributed by atoms with Crippen LogP contribution in [-0.4, -0.2) is 31.1 Å². The summed E-state index contributed by atoms with van der Waals surface area (Å²) in [5.41, 5.74) is 1.42. The Morgan fingerprint density at radius 1 is 1.43 bits per heavy atom. The SMILES string of the molecule is CCCn1nnnc1NC(=O)c1c[c-]c2cnccc2c1C.[W]. The molecule has 3 rings (SSSR count). The molecule has 8 heteroatoms. The zero-order chi connectivity index (χ0) is 15.5. The maximum atomic E-state index is 12.5. The van der Waals surface area contributed by atoms with Gasteiger partial charge in [0.25, 0.3) is 0 Å². The van der Waals surface area contributed by atoms with Crippen LogP contribution in [0.5, 0.6) is 0 Å². The number of nitrogens with one attached hydrogen (secondary N) is 1. The molecule has 0 aliphatic rings. The van der Waals surface area contributed by atoms with Crippen molar-refractivity contribution in [3.8, 4) is 0 Å². The molecule has 2 heterocycles. The fourth-order valence-electron chi connectivity index (χ4n) is 2.30. The number of rotatable bonds is 4. The number of aromatic nitrogens is 5. The van der Waals surface area contributed by atoms with Crippen molar-refractivity contribution in [3.05, 3.63) is 41.7 Å². The van der Waals surface area contributed by atoms with E-state index in [4.69, 9.17) is 0 Å².